The maximum absolute atomic E-state index is 13.7. The quantitative estimate of drug-likeness (QED) is 0.236. The number of carboxylic acid groups (broad SMARTS) is 1. The fraction of sp³-hybridized carbons (Fsp3) is 0.242. The van der Waals surface area contributed by atoms with Crippen LogP contribution in [0.5, 0.6) is 0 Å². The Kier molecular flexibility index (Phi) is 8.31. The van der Waals surface area contributed by atoms with Gasteiger partial charge in [0.1, 0.15) is 5.82 Å². The van der Waals surface area contributed by atoms with Crippen molar-refractivity contribution in [3.05, 3.63) is 113 Å². The van der Waals surface area contributed by atoms with Gasteiger partial charge in [-0.05, 0) is 78.8 Å². The third-order valence-electron chi connectivity index (χ3n) is 7.31. The molecule has 0 saturated carbocycles. The van der Waals surface area contributed by atoms with E-state index < -0.39 is 18.5 Å². The molecule has 0 amide bonds. The molecule has 2 atom stereocenters. The highest BCUT2D eigenvalue weighted by atomic mass is 19.1. The first kappa shape index (κ1) is 27.2. The molecule has 1 heterocycles. The molecule has 1 aliphatic carbocycles. The van der Waals surface area contributed by atoms with Crippen molar-refractivity contribution in [1.29, 1.82) is 0 Å². The van der Waals surface area contributed by atoms with Crippen LogP contribution in [0.2, 0.25) is 0 Å². The van der Waals surface area contributed by atoms with Crippen LogP contribution in [-0.4, -0.2) is 37.9 Å². The molecule has 2 unspecified atom stereocenters. The first-order valence-electron chi connectivity index (χ1n) is 13.5. The number of carbonyl (C=O) groups is 2. The fourth-order valence-electron chi connectivity index (χ4n) is 5.37. The molecule has 0 fully saturated rings. The van der Waals surface area contributed by atoms with Gasteiger partial charge in [0.25, 0.3) is 0 Å². The van der Waals surface area contributed by atoms with Crippen molar-refractivity contribution < 1.29 is 24.2 Å². The number of aliphatic carboxylic acids is 1. The summed E-state index contributed by atoms with van der Waals surface area (Å²) in [5, 5.41) is 23.7. The Morgan fingerprint density at radius 3 is 2.38 bits per heavy atom. The van der Waals surface area contributed by atoms with E-state index in [1.807, 2.05) is 18.2 Å². The van der Waals surface area contributed by atoms with Crippen LogP contribution in [0.25, 0.3) is 22.9 Å². The maximum Gasteiger partial charge on any atom is 0.305 e. The maximum atomic E-state index is 13.7. The highest BCUT2D eigenvalue weighted by molar-refractivity contribution is 5.94. The first-order valence-corrected chi connectivity index (χ1v) is 13.5. The molecule has 3 aromatic carbocycles. The van der Waals surface area contributed by atoms with Gasteiger partial charge < -0.3 is 10.2 Å². The summed E-state index contributed by atoms with van der Waals surface area (Å²) in [5.41, 5.74) is 7.01. The number of aliphatic hydroxyl groups excluding tert-OH is 1. The number of hydrogen-bond donors (Lipinski definition) is 2. The fourth-order valence-corrected chi connectivity index (χ4v) is 5.37. The van der Waals surface area contributed by atoms with E-state index in [2.05, 4.69) is 36.4 Å². The molecule has 4 aromatic rings. The first-order chi connectivity index (χ1) is 19.4. The molecule has 7 heteroatoms. The molecule has 1 aromatic heterocycles. The second-order valence-corrected chi connectivity index (χ2v) is 10.2. The minimum absolute atomic E-state index is 0.188. The van der Waals surface area contributed by atoms with Crippen molar-refractivity contribution in [3.63, 3.8) is 0 Å². The third kappa shape index (κ3) is 6.43. The summed E-state index contributed by atoms with van der Waals surface area (Å²) in [4.78, 5) is 23.3. The number of rotatable bonds is 10. The number of benzene rings is 3. The molecule has 0 spiro atoms. The van der Waals surface area contributed by atoms with Crippen molar-refractivity contribution in [1.82, 2.24) is 9.78 Å². The molecule has 0 bridgehead atoms. The van der Waals surface area contributed by atoms with E-state index in [1.165, 1.54) is 34.9 Å². The van der Waals surface area contributed by atoms with Crippen molar-refractivity contribution in [2.75, 3.05) is 0 Å². The Morgan fingerprint density at radius 1 is 0.975 bits per heavy atom. The number of aromatic nitrogens is 2. The van der Waals surface area contributed by atoms with Crippen LogP contribution in [-0.2, 0) is 22.4 Å². The van der Waals surface area contributed by atoms with Gasteiger partial charge in [0.05, 0.1) is 29.6 Å². The zero-order valence-electron chi connectivity index (χ0n) is 22.0. The summed E-state index contributed by atoms with van der Waals surface area (Å²) in [6, 6.07) is 24.9. The summed E-state index contributed by atoms with van der Waals surface area (Å²) in [6.45, 7) is 0. The number of allylic oxidation sites excluding steroid dienone is 1. The number of aliphatic hydroxyl groups is 1. The molecule has 5 rings (SSSR count). The largest absolute Gasteiger partial charge is 0.481 e. The lowest BCUT2D eigenvalue weighted by Crippen LogP contribution is -2.16. The van der Waals surface area contributed by atoms with Crippen LogP contribution in [0.15, 0.2) is 84.9 Å². The lowest BCUT2D eigenvalue weighted by molar-refractivity contribution is -0.139. The monoisotopic (exact) mass is 538 g/mol. The van der Waals surface area contributed by atoms with Crippen molar-refractivity contribution >= 4 is 17.8 Å². The third-order valence-corrected chi connectivity index (χ3v) is 7.31. The van der Waals surface area contributed by atoms with Gasteiger partial charge in [-0.2, -0.15) is 5.10 Å². The van der Waals surface area contributed by atoms with Crippen LogP contribution in [0.4, 0.5) is 4.39 Å². The predicted molar refractivity (Wildman–Crippen MR) is 152 cm³/mol. The summed E-state index contributed by atoms with van der Waals surface area (Å²) >= 11 is 0. The normalized spacial score (nSPS) is 15.6. The number of carbonyl (C=O) groups excluding carboxylic acids is 1. The van der Waals surface area contributed by atoms with E-state index in [-0.39, 0.29) is 23.9 Å². The van der Waals surface area contributed by atoms with Crippen LogP contribution in [0, 0.1) is 5.82 Å². The minimum atomic E-state index is -1.25. The second kappa shape index (κ2) is 12.2. The van der Waals surface area contributed by atoms with Crippen LogP contribution >= 0.6 is 0 Å². The highest BCUT2D eigenvalue weighted by Crippen LogP contribution is 2.37. The number of nitrogens with zero attached hydrogens (tertiary/aromatic N) is 2. The number of hydrogen-bond acceptors (Lipinski definition) is 4. The smallest absolute Gasteiger partial charge is 0.305 e. The van der Waals surface area contributed by atoms with Gasteiger partial charge in [0, 0.05) is 17.9 Å². The zero-order chi connectivity index (χ0) is 28.1. The van der Waals surface area contributed by atoms with Crippen LogP contribution in [0.1, 0.15) is 54.1 Å². The van der Waals surface area contributed by atoms with Gasteiger partial charge in [0.15, 0.2) is 5.78 Å². The molecule has 204 valence electrons. The Hall–Kier alpha value is -4.36. The second-order valence-electron chi connectivity index (χ2n) is 10.2. The lowest BCUT2D eigenvalue weighted by Gasteiger charge is -2.21. The Labute approximate surface area is 232 Å². The van der Waals surface area contributed by atoms with Gasteiger partial charge in [-0.3, -0.25) is 9.59 Å². The summed E-state index contributed by atoms with van der Waals surface area (Å²) in [6.07, 6.45) is 4.62. The van der Waals surface area contributed by atoms with Crippen LogP contribution < -0.4 is 0 Å². The number of fused-ring (bicyclic) bond motifs is 1. The van der Waals surface area contributed by atoms with E-state index >= 15 is 0 Å². The molecule has 0 radical (unpaired) electrons. The van der Waals surface area contributed by atoms with Gasteiger partial charge in [0.2, 0.25) is 0 Å². The molecule has 2 N–H and O–H groups in total. The number of ketones is 1. The predicted octanol–water partition coefficient (Wildman–Crippen LogP) is 6.15. The molecule has 0 aliphatic heterocycles. The van der Waals surface area contributed by atoms with E-state index in [0.29, 0.717) is 5.69 Å². The van der Waals surface area contributed by atoms with E-state index in [1.54, 1.807) is 22.9 Å². The summed E-state index contributed by atoms with van der Waals surface area (Å²) in [7, 11) is 0. The number of carboxylic acids is 1. The van der Waals surface area contributed by atoms with Crippen LogP contribution in [0.3, 0.4) is 0 Å². The Morgan fingerprint density at radius 2 is 1.68 bits per heavy atom. The zero-order valence-corrected chi connectivity index (χ0v) is 22.0. The van der Waals surface area contributed by atoms with Gasteiger partial charge in [-0.1, -0.05) is 54.6 Å². The lowest BCUT2D eigenvalue weighted by atomic mass is 9.82. The molecule has 0 saturated heterocycles. The van der Waals surface area contributed by atoms with Crippen molar-refractivity contribution in [3.8, 4) is 16.8 Å². The average Bonchev–Trinajstić information content (AvgIpc) is 3.32. The van der Waals surface area contributed by atoms with Gasteiger partial charge in [-0.15, -0.1) is 0 Å². The van der Waals surface area contributed by atoms with E-state index in [0.717, 1.165) is 42.6 Å². The van der Waals surface area contributed by atoms with E-state index in [9.17, 15) is 19.1 Å². The standard InChI is InChI=1S/C33H31FN2O4/c34-26-13-15-27(16-14-26)36-31(18-17-28(37)20-29(38)21-32(39)40)30-8-4-7-25(33(30)35-36)19-22-9-11-24(12-10-22)23-5-2-1-3-6-23/h1-3,5-6,9-18,25,29,38H,4,7-8,19-21H2,(H,39,40). The summed E-state index contributed by atoms with van der Waals surface area (Å²) < 4.78 is 15.4. The molecule has 6 nitrogen and oxygen atoms in total. The average molecular weight is 539 g/mol. The molecule has 1 aliphatic rings. The minimum Gasteiger partial charge on any atom is -0.481 e. The molecular weight excluding hydrogens is 507 g/mol. The molecule has 40 heavy (non-hydrogen) atoms. The SMILES string of the molecule is O=C(O)CC(O)CC(=O)C=Cc1c2c(nn1-c1ccc(F)cc1)C(Cc1ccc(-c3ccccc3)cc1)CCC2. The van der Waals surface area contributed by atoms with Crippen molar-refractivity contribution in [2.45, 2.75) is 50.5 Å². The van der Waals surface area contributed by atoms with Crippen molar-refractivity contribution in [2.24, 2.45) is 0 Å². The number of halogens is 1. The topological polar surface area (TPSA) is 92.4 Å². The van der Waals surface area contributed by atoms with E-state index in [4.69, 9.17) is 10.2 Å². The Bertz CT molecular complexity index is 1510. The van der Waals surface area contributed by atoms with Gasteiger partial charge in [-0.25, -0.2) is 9.07 Å². The summed E-state index contributed by atoms with van der Waals surface area (Å²) in [5.74, 6) is -1.70. The van der Waals surface area contributed by atoms with Gasteiger partial charge >= 0.3 is 5.97 Å². The molecular formula is C33H31FN2O4. The Balaban J connectivity index is 1.43. The highest BCUT2D eigenvalue weighted by Gasteiger charge is 2.28.